The van der Waals surface area contributed by atoms with E-state index in [-0.39, 0.29) is 17.4 Å². The van der Waals surface area contributed by atoms with E-state index >= 15 is 0 Å². The average molecular weight is 505 g/mol. The standard InChI is InChI=1S/C29H44O7/c1-5-18-7-9-22-21-8-6-19-14-20(10-13-29(19,15-30)23(21)11-12-28(18,22)4)36-27-25(33)24(32)26(16(2)34-27)35-17(3)31/h5,15-16,18-27,32-33H,1,6-14H2,2-4H3/t16-,18-,19-,20-,21-,22-,23-,24-,25-,26+,27-,28-,29+/m0/s1. The maximum absolute atomic E-state index is 12.8. The molecule has 4 saturated carbocycles. The van der Waals surface area contributed by atoms with Crippen LogP contribution in [0.1, 0.15) is 78.6 Å². The quantitative estimate of drug-likeness (QED) is 0.254. The van der Waals surface area contributed by atoms with Crippen molar-refractivity contribution in [2.24, 2.45) is 40.4 Å². The number of aldehydes is 1. The molecule has 1 heterocycles. The number of carbonyl (C=O) groups is 2. The summed E-state index contributed by atoms with van der Waals surface area (Å²) in [5, 5.41) is 21.2. The van der Waals surface area contributed by atoms with E-state index in [1.165, 1.54) is 38.9 Å². The van der Waals surface area contributed by atoms with Gasteiger partial charge in [0, 0.05) is 12.3 Å². The largest absolute Gasteiger partial charge is 0.457 e. The van der Waals surface area contributed by atoms with Gasteiger partial charge in [0.25, 0.3) is 0 Å². The Labute approximate surface area is 214 Å². The Morgan fingerprint density at radius 2 is 1.83 bits per heavy atom. The van der Waals surface area contributed by atoms with Crippen LogP contribution in [-0.4, -0.2) is 59.3 Å². The Morgan fingerprint density at radius 1 is 1.06 bits per heavy atom. The number of fused-ring (bicyclic) bond motifs is 5. The Kier molecular flexibility index (Phi) is 7.16. The molecule has 7 nitrogen and oxygen atoms in total. The second kappa shape index (κ2) is 9.79. The number of hydrogen-bond acceptors (Lipinski definition) is 7. The fraction of sp³-hybridized carbons (Fsp3) is 0.862. The van der Waals surface area contributed by atoms with Crippen molar-refractivity contribution in [3.05, 3.63) is 12.7 Å². The van der Waals surface area contributed by atoms with Crippen LogP contribution in [0, 0.1) is 40.4 Å². The van der Waals surface area contributed by atoms with Gasteiger partial charge in [0.15, 0.2) is 12.4 Å². The minimum atomic E-state index is -1.31. The molecular weight excluding hydrogens is 460 g/mol. The van der Waals surface area contributed by atoms with E-state index in [4.69, 9.17) is 14.2 Å². The second-order valence-corrected chi connectivity index (χ2v) is 12.6. The highest BCUT2D eigenvalue weighted by atomic mass is 16.7. The SMILES string of the molecule is C=C[C@H]1CC[C@H]2[C@@H]3CC[C@H]4C[C@@H](O[C@@H]5O[C@@H](C)[C@@H](OC(C)=O)[C@@H](O)[C@@H]5O)CC[C@]4(C=O)[C@H]3CC[C@@]12C. The zero-order valence-corrected chi connectivity index (χ0v) is 22.0. The summed E-state index contributed by atoms with van der Waals surface area (Å²) in [6.45, 7) is 9.57. The molecule has 5 rings (SSSR count). The van der Waals surface area contributed by atoms with Gasteiger partial charge in [0.05, 0.1) is 12.2 Å². The maximum Gasteiger partial charge on any atom is 0.303 e. The summed E-state index contributed by atoms with van der Waals surface area (Å²) in [7, 11) is 0. The highest BCUT2D eigenvalue weighted by molar-refractivity contribution is 5.66. The first kappa shape index (κ1) is 26.3. The van der Waals surface area contributed by atoms with Crippen LogP contribution in [0.3, 0.4) is 0 Å². The summed E-state index contributed by atoms with van der Waals surface area (Å²) in [5.74, 6) is 2.08. The molecule has 0 spiro atoms. The van der Waals surface area contributed by atoms with Crippen molar-refractivity contribution in [2.45, 2.75) is 115 Å². The summed E-state index contributed by atoms with van der Waals surface area (Å²) in [4.78, 5) is 24.2. The second-order valence-electron chi connectivity index (χ2n) is 12.6. The number of ether oxygens (including phenoxy) is 3. The van der Waals surface area contributed by atoms with E-state index in [0.717, 1.165) is 32.1 Å². The lowest BCUT2D eigenvalue weighted by molar-refractivity contribution is -0.310. The fourth-order valence-electron chi connectivity index (χ4n) is 9.35. The fourth-order valence-corrected chi connectivity index (χ4v) is 9.35. The van der Waals surface area contributed by atoms with Gasteiger partial charge in [0.1, 0.15) is 18.5 Å². The van der Waals surface area contributed by atoms with Crippen LogP contribution in [0.15, 0.2) is 12.7 Å². The monoisotopic (exact) mass is 504 g/mol. The molecule has 0 aromatic carbocycles. The van der Waals surface area contributed by atoms with Gasteiger partial charge in [-0.05, 0) is 99.7 Å². The van der Waals surface area contributed by atoms with Crippen LogP contribution < -0.4 is 0 Å². The smallest absolute Gasteiger partial charge is 0.303 e. The van der Waals surface area contributed by atoms with Gasteiger partial charge in [-0.25, -0.2) is 0 Å². The lowest BCUT2D eigenvalue weighted by Crippen LogP contribution is -2.60. The molecule has 0 bridgehead atoms. The molecule has 7 heteroatoms. The third-order valence-electron chi connectivity index (χ3n) is 11.2. The lowest BCUT2D eigenvalue weighted by atomic mass is 9.44. The predicted octanol–water partition coefficient (Wildman–Crippen LogP) is 3.79. The zero-order chi connectivity index (χ0) is 25.8. The minimum absolute atomic E-state index is 0.144. The predicted molar refractivity (Wildman–Crippen MR) is 133 cm³/mol. The molecule has 1 saturated heterocycles. The molecule has 202 valence electrons. The number of hydrogen-bond donors (Lipinski definition) is 2. The van der Waals surface area contributed by atoms with E-state index in [9.17, 15) is 19.8 Å². The van der Waals surface area contributed by atoms with Crippen molar-refractivity contribution < 1.29 is 34.0 Å². The van der Waals surface area contributed by atoms with Crippen molar-refractivity contribution in [3.63, 3.8) is 0 Å². The Morgan fingerprint density at radius 3 is 2.53 bits per heavy atom. The van der Waals surface area contributed by atoms with Gasteiger partial charge >= 0.3 is 5.97 Å². The van der Waals surface area contributed by atoms with Crippen molar-refractivity contribution in [1.29, 1.82) is 0 Å². The Bertz CT molecular complexity index is 861. The first-order chi connectivity index (χ1) is 17.1. The topological polar surface area (TPSA) is 102 Å². The minimum Gasteiger partial charge on any atom is -0.457 e. The van der Waals surface area contributed by atoms with Gasteiger partial charge in [-0.1, -0.05) is 13.0 Å². The third kappa shape index (κ3) is 4.09. The van der Waals surface area contributed by atoms with Gasteiger partial charge in [-0.2, -0.15) is 0 Å². The van der Waals surface area contributed by atoms with Crippen LogP contribution in [0.25, 0.3) is 0 Å². The number of carbonyl (C=O) groups excluding carboxylic acids is 2. The lowest BCUT2D eigenvalue weighted by Gasteiger charge is -2.60. The molecular formula is C29H44O7. The van der Waals surface area contributed by atoms with E-state index in [1.54, 1.807) is 6.92 Å². The maximum atomic E-state index is 12.8. The normalized spacial score (nSPS) is 52.4. The first-order valence-electron chi connectivity index (χ1n) is 14.1. The van der Waals surface area contributed by atoms with Gasteiger partial charge in [-0.15, -0.1) is 6.58 Å². The Balaban J connectivity index is 1.26. The van der Waals surface area contributed by atoms with Crippen LogP contribution in [0.5, 0.6) is 0 Å². The molecule has 5 fully saturated rings. The average Bonchev–Trinajstić information content (AvgIpc) is 3.21. The van der Waals surface area contributed by atoms with Crippen LogP contribution in [-0.2, 0) is 23.8 Å². The van der Waals surface area contributed by atoms with Crippen molar-refractivity contribution >= 4 is 12.3 Å². The summed E-state index contributed by atoms with van der Waals surface area (Å²) >= 11 is 0. The molecule has 2 N–H and O–H groups in total. The molecule has 4 aliphatic carbocycles. The molecule has 0 amide bonds. The highest BCUT2D eigenvalue weighted by Crippen LogP contribution is 2.67. The third-order valence-corrected chi connectivity index (χ3v) is 11.2. The van der Waals surface area contributed by atoms with Crippen LogP contribution in [0.2, 0.25) is 0 Å². The van der Waals surface area contributed by atoms with Gasteiger partial charge in [0.2, 0.25) is 0 Å². The summed E-state index contributed by atoms with van der Waals surface area (Å²) in [6, 6.07) is 0. The van der Waals surface area contributed by atoms with Crippen molar-refractivity contribution in [3.8, 4) is 0 Å². The number of esters is 1. The van der Waals surface area contributed by atoms with E-state index < -0.39 is 36.7 Å². The molecule has 1 aliphatic heterocycles. The Hall–Kier alpha value is -1.28. The molecule has 36 heavy (non-hydrogen) atoms. The highest BCUT2D eigenvalue weighted by Gasteiger charge is 2.61. The van der Waals surface area contributed by atoms with Crippen LogP contribution >= 0.6 is 0 Å². The number of aliphatic hydroxyl groups excluding tert-OH is 2. The summed E-state index contributed by atoms with van der Waals surface area (Å²) in [5.41, 5.74) is 0.0474. The summed E-state index contributed by atoms with van der Waals surface area (Å²) < 4.78 is 17.2. The van der Waals surface area contributed by atoms with E-state index in [1.807, 2.05) is 0 Å². The molecule has 13 atom stereocenters. The van der Waals surface area contributed by atoms with E-state index in [0.29, 0.717) is 29.1 Å². The number of allylic oxidation sites excluding steroid dienone is 1. The molecule has 0 aromatic heterocycles. The van der Waals surface area contributed by atoms with Crippen LogP contribution in [0.4, 0.5) is 0 Å². The van der Waals surface area contributed by atoms with Crippen molar-refractivity contribution in [2.75, 3.05) is 0 Å². The molecule has 0 unspecified atom stereocenters. The number of aliphatic hydroxyl groups is 2. The zero-order valence-electron chi connectivity index (χ0n) is 22.0. The van der Waals surface area contributed by atoms with Crippen molar-refractivity contribution in [1.82, 2.24) is 0 Å². The van der Waals surface area contributed by atoms with Gasteiger partial charge in [-0.3, -0.25) is 4.79 Å². The van der Waals surface area contributed by atoms with E-state index in [2.05, 4.69) is 19.6 Å². The summed E-state index contributed by atoms with van der Waals surface area (Å²) in [6.07, 6.45) is 7.51. The first-order valence-corrected chi connectivity index (χ1v) is 14.1. The number of rotatable bonds is 5. The molecule has 5 aliphatic rings. The molecule has 0 aromatic rings. The molecule has 0 radical (unpaired) electrons. The van der Waals surface area contributed by atoms with Gasteiger partial charge < -0.3 is 29.2 Å².